The van der Waals surface area contributed by atoms with Gasteiger partial charge in [0.25, 0.3) is 0 Å². The molecule has 1 aromatic rings. The Labute approximate surface area is 107 Å². The van der Waals surface area contributed by atoms with E-state index in [4.69, 9.17) is 16.3 Å². The van der Waals surface area contributed by atoms with Gasteiger partial charge in [-0.3, -0.25) is 0 Å². The normalized spacial score (nSPS) is 23.7. The summed E-state index contributed by atoms with van der Waals surface area (Å²) in [6, 6.07) is 0. The van der Waals surface area contributed by atoms with E-state index >= 15 is 0 Å². The Kier molecular flexibility index (Phi) is 4.00. The third-order valence-electron chi connectivity index (χ3n) is 3.25. The van der Waals surface area contributed by atoms with Crippen molar-refractivity contribution in [3.05, 3.63) is 29.2 Å². The number of aromatic nitrogens is 2. The zero-order valence-corrected chi connectivity index (χ0v) is 10.9. The summed E-state index contributed by atoms with van der Waals surface area (Å²) in [5.74, 6) is 1.83. The zero-order valence-electron chi connectivity index (χ0n) is 10.2. The van der Waals surface area contributed by atoms with Crippen LogP contribution in [-0.2, 0) is 0 Å². The number of nitrogens with zero attached hydrogens (tertiary/aromatic N) is 2. The van der Waals surface area contributed by atoms with Gasteiger partial charge >= 0.3 is 0 Å². The molecular weight excluding hydrogens is 236 g/mol. The van der Waals surface area contributed by atoms with Crippen LogP contribution in [0, 0.1) is 18.8 Å². The largest absolute Gasteiger partial charge is 0.477 e. The van der Waals surface area contributed by atoms with Crippen LogP contribution in [-0.4, -0.2) is 16.6 Å². The first-order valence-electron chi connectivity index (χ1n) is 5.93. The Morgan fingerprint density at radius 1 is 1.41 bits per heavy atom. The van der Waals surface area contributed by atoms with Crippen molar-refractivity contribution in [3.8, 4) is 5.88 Å². The molecule has 0 aliphatic heterocycles. The minimum Gasteiger partial charge on any atom is -0.477 e. The molecule has 0 fully saturated rings. The maximum Gasteiger partial charge on any atom is 0.225 e. The summed E-state index contributed by atoms with van der Waals surface area (Å²) < 4.78 is 5.76. The predicted molar refractivity (Wildman–Crippen MR) is 68.3 cm³/mol. The third-order valence-corrected chi connectivity index (χ3v) is 3.43. The van der Waals surface area contributed by atoms with Gasteiger partial charge in [0.15, 0.2) is 0 Å². The predicted octanol–water partition coefficient (Wildman–Crippen LogP) is 3.42. The maximum absolute atomic E-state index is 5.76. The van der Waals surface area contributed by atoms with E-state index in [1.165, 1.54) is 0 Å². The van der Waals surface area contributed by atoms with Crippen LogP contribution in [0.5, 0.6) is 5.88 Å². The number of aryl methyl sites for hydroxylation is 1. The van der Waals surface area contributed by atoms with Gasteiger partial charge in [0.2, 0.25) is 11.2 Å². The summed E-state index contributed by atoms with van der Waals surface area (Å²) in [5.41, 5.74) is 0.924. The van der Waals surface area contributed by atoms with Gasteiger partial charge in [0.1, 0.15) is 0 Å². The lowest BCUT2D eigenvalue weighted by atomic mass is 9.85. The number of ether oxygens (including phenoxy) is 1. The first kappa shape index (κ1) is 12.4. The molecule has 0 spiro atoms. The Morgan fingerprint density at radius 3 is 2.94 bits per heavy atom. The summed E-state index contributed by atoms with van der Waals surface area (Å²) in [4.78, 5) is 8.01. The van der Waals surface area contributed by atoms with Crippen molar-refractivity contribution in [2.45, 2.75) is 26.7 Å². The van der Waals surface area contributed by atoms with Crippen molar-refractivity contribution < 1.29 is 4.74 Å². The lowest BCUT2D eigenvalue weighted by molar-refractivity contribution is 0.191. The number of rotatable bonds is 3. The smallest absolute Gasteiger partial charge is 0.225 e. The summed E-state index contributed by atoms with van der Waals surface area (Å²) in [5, 5.41) is 0.238. The summed E-state index contributed by atoms with van der Waals surface area (Å²) in [7, 11) is 0. The molecule has 0 aromatic carbocycles. The van der Waals surface area contributed by atoms with Crippen molar-refractivity contribution in [1.29, 1.82) is 0 Å². The second kappa shape index (κ2) is 5.50. The highest BCUT2D eigenvalue weighted by atomic mass is 35.5. The van der Waals surface area contributed by atoms with Gasteiger partial charge < -0.3 is 4.74 Å². The molecule has 0 saturated carbocycles. The zero-order chi connectivity index (χ0) is 12.3. The van der Waals surface area contributed by atoms with Crippen LogP contribution in [0.4, 0.5) is 0 Å². The standard InChI is InChI=1S/C13H17ClN2O/c1-9-5-3-4-6-11(9)8-17-12-10(2)7-15-13(14)16-12/h3-4,7,9,11H,5-6,8H2,1-2H3. The monoisotopic (exact) mass is 252 g/mol. The summed E-state index contributed by atoms with van der Waals surface area (Å²) in [6.45, 7) is 4.88. The van der Waals surface area contributed by atoms with E-state index in [1.54, 1.807) is 6.20 Å². The molecule has 92 valence electrons. The molecule has 0 radical (unpaired) electrons. The van der Waals surface area contributed by atoms with Crippen molar-refractivity contribution in [2.24, 2.45) is 11.8 Å². The molecule has 2 atom stereocenters. The van der Waals surface area contributed by atoms with Gasteiger partial charge in [-0.15, -0.1) is 0 Å². The van der Waals surface area contributed by atoms with Gasteiger partial charge in [-0.1, -0.05) is 19.1 Å². The molecule has 0 amide bonds. The molecule has 0 N–H and O–H groups in total. The first-order valence-corrected chi connectivity index (χ1v) is 6.31. The van der Waals surface area contributed by atoms with Crippen LogP contribution >= 0.6 is 11.6 Å². The van der Waals surface area contributed by atoms with Crippen molar-refractivity contribution in [2.75, 3.05) is 6.61 Å². The van der Waals surface area contributed by atoms with Gasteiger partial charge in [0.05, 0.1) is 6.61 Å². The molecule has 1 aliphatic carbocycles. The minimum absolute atomic E-state index is 0.238. The Hall–Kier alpha value is -1.09. The van der Waals surface area contributed by atoms with Crippen LogP contribution in [0.25, 0.3) is 0 Å². The lowest BCUT2D eigenvalue weighted by Gasteiger charge is -2.25. The Balaban J connectivity index is 1.97. The number of allylic oxidation sites excluding steroid dienone is 2. The van der Waals surface area contributed by atoms with Gasteiger partial charge in [-0.05, 0) is 43.2 Å². The van der Waals surface area contributed by atoms with E-state index in [0.717, 1.165) is 18.4 Å². The molecule has 1 aliphatic rings. The lowest BCUT2D eigenvalue weighted by Crippen LogP contribution is -2.21. The molecule has 2 unspecified atom stereocenters. The van der Waals surface area contributed by atoms with E-state index in [-0.39, 0.29) is 5.28 Å². The fourth-order valence-electron chi connectivity index (χ4n) is 1.98. The van der Waals surface area contributed by atoms with E-state index in [9.17, 15) is 0 Å². The second-order valence-electron chi connectivity index (χ2n) is 4.62. The van der Waals surface area contributed by atoms with Crippen molar-refractivity contribution in [3.63, 3.8) is 0 Å². The highest BCUT2D eigenvalue weighted by Gasteiger charge is 2.19. The molecule has 1 aromatic heterocycles. The third kappa shape index (κ3) is 3.19. The van der Waals surface area contributed by atoms with Crippen LogP contribution in [0.2, 0.25) is 5.28 Å². The number of hydrogen-bond acceptors (Lipinski definition) is 3. The molecule has 1 heterocycles. The molecule has 4 heteroatoms. The fourth-order valence-corrected chi connectivity index (χ4v) is 2.10. The van der Waals surface area contributed by atoms with Crippen LogP contribution in [0.1, 0.15) is 25.3 Å². The van der Waals surface area contributed by atoms with Gasteiger partial charge in [-0.25, -0.2) is 4.98 Å². The molecule has 3 nitrogen and oxygen atoms in total. The summed E-state index contributed by atoms with van der Waals surface area (Å²) >= 11 is 5.75. The van der Waals surface area contributed by atoms with E-state index in [0.29, 0.717) is 24.3 Å². The highest BCUT2D eigenvalue weighted by molar-refractivity contribution is 6.28. The SMILES string of the molecule is Cc1cnc(Cl)nc1OCC1CC=CCC1C. The minimum atomic E-state index is 0.238. The maximum atomic E-state index is 5.76. The van der Waals surface area contributed by atoms with Crippen molar-refractivity contribution >= 4 is 11.6 Å². The topological polar surface area (TPSA) is 35.0 Å². The highest BCUT2D eigenvalue weighted by Crippen LogP contribution is 2.26. The van der Waals surface area contributed by atoms with Gasteiger partial charge in [-0.2, -0.15) is 4.98 Å². The molecule has 2 rings (SSSR count). The van der Waals surface area contributed by atoms with Crippen LogP contribution < -0.4 is 4.74 Å². The fraction of sp³-hybridized carbons (Fsp3) is 0.538. The second-order valence-corrected chi connectivity index (χ2v) is 4.96. The molecule has 17 heavy (non-hydrogen) atoms. The number of hydrogen-bond donors (Lipinski definition) is 0. The Morgan fingerprint density at radius 2 is 2.18 bits per heavy atom. The average molecular weight is 253 g/mol. The quantitative estimate of drug-likeness (QED) is 0.611. The Bertz CT molecular complexity index is 420. The first-order chi connectivity index (χ1) is 8.16. The van der Waals surface area contributed by atoms with Gasteiger partial charge in [0, 0.05) is 11.8 Å². The van der Waals surface area contributed by atoms with Crippen LogP contribution in [0.15, 0.2) is 18.3 Å². The summed E-state index contributed by atoms with van der Waals surface area (Å²) in [6.07, 6.45) is 8.38. The van der Waals surface area contributed by atoms with E-state index < -0.39 is 0 Å². The molecular formula is C13H17ClN2O. The average Bonchev–Trinajstić information content (AvgIpc) is 2.32. The number of halogens is 1. The molecule has 0 bridgehead atoms. The van der Waals surface area contributed by atoms with Crippen molar-refractivity contribution in [1.82, 2.24) is 9.97 Å². The van der Waals surface area contributed by atoms with E-state index in [1.807, 2.05) is 6.92 Å². The van der Waals surface area contributed by atoms with Crippen LogP contribution in [0.3, 0.4) is 0 Å². The van der Waals surface area contributed by atoms with E-state index in [2.05, 4.69) is 29.0 Å². The molecule has 0 saturated heterocycles.